The van der Waals surface area contributed by atoms with Gasteiger partial charge in [0.15, 0.2) is 5.82 Å². The molecule has 0 bridgehead atoms. The number of nitrogens with one attached hydrogen (secondary N) is 2. The molecule has 0 fully saturated rings. The fourth-order valence-corrected chi connectivity index (χ4v) is 1.88. The maximum Gasteiger partial charge on any atom is 0.256 e. The van der Waals surface area contributed by atoms with Crippen LogP contribution in [0, 0.1) is 0 Å². The van der Waals surface area contributed by atoms with Crippen molar-refractivity contribution in [2.24, 2.45) is 0 Å². The zero-order valence-corrected chi connectivity index (χ0v) is 13.5. The Hall–Kier alpha value is -1.95. The predicted octanol–water partition coefficient (Wildman–Crippen LogP) is 3.70. The van der Waals surface area contributed by atoms with Crippen LogP contribution in [0.25, 0.3) is 0 Å². The molecule has 1 amide bonds. The summed E-state index contributed by atoms with van der Waals surface area (Å²) in [5.41, 5.74) is 0.571. The molecule has 2 N–H and O–H groups in total. The summed E-state index contributed by atoms with van der Waals surface area (Å²) >= 11 is 3.33. The Labute approximate surface area is 132 Å². The monoisotopic (exact) mass is 348 g/mol. The van der Waals surface area contributed by atoms with Crippen molar-refractivity contribution in [1.82, 2.24) is 10.2 Å². The fourth-order valence-electron chi connectivity index (χ4n) is 1.62. The molecule has 1 heterocycles. The molecular weight excluding hydrogens is 332 g/mol. The summed E-state index contributed by atoms with van der Waals surface area (Å²) in [5, 5.41) is 14.0. The SMILES string of the molecule is CCC(C)Nc1ccc(NC(=O)c2ccc(Br)cc2)nn1. The molecular formula is C15H17BrN4O. The van der Waals surface area contributed by atoms with Crippen LogP contribution in [-0.2, 0) is 0 Å². The van der Waals surface area contributed by atoms with Gasteiger partial charge in [0.25, 0.3) is 5.91 Å². The largest absolute Gasteiger partial charge is 0.366 e. The molecule has 0 aliphatic rings. The smallest absolute Gasteiger partial charge is 0.256 e. The number of carbonyl (C=O) groups excluding carboxylic acids is 1. The maximum atomic E-state index is 12.0. The second-order valence-corrected chi connectivity index (χ2v) is 5.63. The van der Waals surface area contributed by atoms with Crippen LogP contribution in [0.3, 0.4) is 0 Å². The number of nitrogens with zero attached hydrogens (tertiary/aromatic N) is 2. The molecule has 110 valence electrons. The number of amides is 1. The summed E-state index contributed by atoms with van der Waals surface area (Å²) in [4.78, 5) is 12.0. The highest BCUT2D eigenvalue weighted by Crippen LogP contribution is 2.13. The van der Waals surface area contributed by atoms with E-state index in [0.717, 1.165) is 10.9 Å². The Morgan fingerprint density at radius 3 is 2.33 bits per heavy atom. The van der Waals surface area contributed by atoms with E-state index >= 15 is 0 Å². The van der Waals surface area contributed by atoms with E-state index in [4.69, 9.17) is 0 Å². The minimum absolute atomic E-state index is 0.209. The first kappa shape index (κ1) is 15.4. The van der Waals surface area contributed by atoms with Crippen LogP contribution in [0.15, 0.2) is 40.9 Å². The van der Waals surface area contributed by atoms with E-state index < -0.39 is 0 Å². The third kappa shape index (κ3) is 4.53. The lowest BCUT2D eigenvalue weighted by atomic mass is 10.2. The number of rotatable bonds is 5. The quantitative estimate of drug-likeness (QED) is 0.864. The van der Waals surface area contributed by atoms with Crippen LogP contribution in [0.5, 0.6) is 0 Å². The molecule has 5 nitrogen and oxygen atoms in total. The van der Waals surface area contributed by atoms with Crippen molar-refractivity contribution in [3.63, 3.8) is 0 Å². The highest BCUT2D eigenvalue weighted by atomic mass is 79.9. The number of anilines is 2. The Kier molecular flexibility index (Phi) is 5.27. The molecule has 0 aliphatic heterocycles. The Balaban J connectivity index is 1.99. The van der Waals surface area contributed by atoms with Crippen LogP contribution in [0.1, 0.15) is 30.6 Å². The van der Waals surface area contributed by atoms with Gasteiger partial charge in [-0.1, -0.05) is 22.9 Å². The molecule has 2 aromatic rings. The van der Waals surface area contributed by atoms with Crippen molar-refractivity contribution in [1.29, 1.82) is 0 Å². The number of carbonyl (C=O) groups is 1. The van der Waals surface area contributed by atoms with E-state index in [-0.39, 0.29) is 5.91 Å². The number of hydrogen-bond donors (Lipinski definition) is 2. The molecule has 0 aliphatic carbocycles. The number of aromatic nitrogens is 2. The van der Waals surface area contributed by atoms with Gasteiger partial charge in [-0.05, 0) is 49.7 Å². The summed E-state index contributed by atoms with van der Waals surface area (Å²) in [6, 6.07) is 11.0. The summed E-state index contributed by atoms with van der Waals surface area (Å²) in [7, 11) is 0. The van der Waals surface area contributed by atoms with E-state index in [9.17, 15) is 4.79 Å². The minimum atomic E-state index is -0.209. The molecule has 0 saturated heterocycles. The van der Waals surface area contributed by atoms with Crippen molar-refractivity contribution in [3.05, 3.63) is 46.4 Å². The molecule has 21 heavy (non-hydrogen) atoms. The lowest BCUT2D eigenvalue weighted by Crippen LogP contribution is -2.16. The normalized spacial score (nSPS) is 11.8. The van der Waals surface area contributed by atoms with Crippen molar-refractivity contribution >= 4 is 33.5 Å². The van der Waals surface area contributed by atoms with Crippen molar-refractivity contribution in [2.75, 3.05) is 10.6 Å². The van der Waals surface area contributed by atoms with Crippen LogP contribution < -0.4 is 10.6 Å². The lowest BCUT2D eigenvalue weighted by molar-refractivity contribution is 0.102. The second-order valence-electron chi connectivity index (χ2n) is 4.72. The highest BCUT2D eigenvalue weighted by molar-refractivity contribution is 9.10. The van der Waals surface area contributed by atoms with Crippen LogP contribution in [0.4, 0.5) is 11.6 Å². The minimum Gasteiger partial charge on any atom is -0.366 e. The first-order valence-electron chi connectivity index (χ1n) is 6.75. The molecule has 1 atom stereocenters. The Morgan fingerprint density at radius 2 is 1.76 bits per heavy atom. The van der Waals surface area contributed by atoms with Crippen LogP contribution in [0.2, 0.25) is 0 Å². The van der Waals surface area contributed by atoms with E-state index in [1.807, 2.05) is 12.1 Å². The predicted molar refractivity (Wildman–Crippen MR) is 87.5 cm³/mol. The van der Waals surface area contributed by atoms with Gasteiger partial charge in [-0.15, -0.1) is 10.2 Å². The van der Waals surface area contributed by atoms with Gasteiger partial charge in [0.05, 0.1) is 0 Å². The van der Waals surface area contributed by atoms with Crippen LogP contribution in [-0.4, -0.2) is 22.1 Å². The highest BCUT2D eigenvalue weighted by Gasteiger charge is 2.07. The number of hydrogen-bond acceptors (Lipinski definition) is 4. The van der Waals surface area contributed by atoms with Crippen molar-refractivity contribution in [3.8, 4) is 0 Å². The van der Waals surface area contributed by atoms with Gasteiger partial charge in [-0.2, -0.15) is 0 Å². The van der Waals surface area contributed by atoms with Gasteiger partial charge in [-0.3, -0.25) is 4.79 Å². The van der Waals surface area contributed by atoms with E-state index in [1.54, 1.807) is 24.3 Å². The number of halogens is 1. The third-order valence-electron chi connectivity index (χ3n) is 3.02. The first-order valence-corrected chi connectivity index (χ1v) is 7.55. The first-order chi connectivity index (χ1) is 10.1. The average molecular weight is 349 g/mol. The fraction of sp³-hybridized carbons (Fsp3) is 0.267. The average Bonchev–Trinajstić information content (AvgIpc) is 2.49. The summed E-state index contributed by atoms with van der Waals surface area (Å²) < 4.78 is 0.930. The van der Waals surface area contributed by atoms with Gasteiger partial charge in [-0.25, -0.2) is 0 Å². The molecule has 1 unspecified atom stereocenters. The summed E-state index contributed by atoms with van der Waals surface area (Å²) in [6.45, 7) is 4.17. The van der Waals surface area contributed by atoms with Gasteiger partial charge in [0.1, 0.15) is 5.82 Å². The molecule has 1 aromatic heterocycles. The van der Waals surface area contributed by atoms with Gasteiger partial charge >= 0.3 is 0 Å². The molecule has 6 heteroatoms. The Bertz CT molecular complexity index is 598. The number of benzene rings is 1. The van der Waals surface area contributed by atoms with Gasteiger partial charge < -0.3 is 10.6 Å². The van der Waals surface area contributed by atoms with Crippen molar-refractivity contribution in [2.45, 2.75) is 26.3 Å². The summed E-state index contributed by atoms with van der Waals surface area (Å²) in [6.07, 6.45) is 1.00. The second kappa shape index (κ2) is 7.17. The zero-order chi connectivity index (χ0) is 15.2. The molecule has 0 saturated carbocycles. The molecule has 0 spiro atoms. The standard InChI is InChI=1S/C15H17BrN4O/c1-3-10(2)17-13-8-9-14(20-19-13)18-15(21)11-4-6-12(16)7-5-11/h4-10H,3H2,1-2H3,(H,17,19)(H,18,20,21). The van der Waals surface area contributed by atoms with E-state index in [1.165, 1.54) is 0 Å². The van der Waals surface area contributed by atoms with Gasteiger partial charge in [0.2, 0.25) is 0 Å². The summed E-state index contributed by atoms with van der Waals surface area (Å²) in [5.74, 6) is 0.919. The molecule has 2 rings (SSSR count). The lowest BCUT2D eigenvalue weighted by Gasteiger charge is -2.11. The van der Waals surface area contributed by atoms with Gasteiger partial charge in [0, 0.05) is 16.1 Å². The van der Waals surface area contributed by atoms with E-state index in [2.05, 4.69) is 50.6 Å². The van der Waals surface area contributed by atoms with E-state index in [0.29, 0.717) is 23.2 Å². The van der Waals surface area contributed by atoms with Crippen LogP contribution >= 0.6 is 15.9 Å². The zero-order valence-electron chi connectivity index (χ0n) is 11.9. The molecule has 0 radical (unpaired) electrons. The van der Waals surface area contributed by atoms with Crippen molar-refractivity contribution < 1.29 is 4.79 Å². The molecule has 1 aromatic carbocycles. The maximum absolute atomic E-state index is 12.0. The third-order valence-corrected chi connectivity index (χ3v) is 3.55. The Morgan fingerprint density at radius 1 is 1.14 bits per heavy atom. The topological polar surface area (TPSA) is 66.9 Å².